The normalized spacial score (nSPS) is 16.5. The van der Waals surface area contributed by atoms with Crippen LogP contribution in [0.5, 0.6) is 11.5 Å². The van der Waals surface area contributed by atoms with Crippen molar-refractivity contribution < 1.29 is 18.7 Å². The number of hydrogen-bond acceptors (Lipinski definition) is 5. The van der Waals surface area contributed by atoms with E-state index in [1.54, 1.807) is 7.11 Å². The first-order valence-corrected chi connectivity index (χ1v) is 7.24. The zero-order chi connectivity index (χ0) is 15.5. The monoisotopic (exact) mass is 302 g/mol. The number of oxazole rings is 1. The molecular formula is C16H18N2O4. The fourth-order valence-corrected chi connectivity index (χ4v) is 2.61. The standard InChI is InChI=1S/C16H18N2O4/c1-3-12-14(17-9-22-12)16(19)18-11-7-10-5-4-6-13(20-2)15(10)21-8-11/h4-6,9,11H,3,7-8H2,1-2H3,(H,18,19)/t11-/m0/s1. The number of aryl methyl sites for hydroxylation is 1. The zero-order valence-corrected chi connectivity index (χ0v) is 12.6. The van der Waals surface area contributed by atoms with Gasteiger partial charge in [0.25, 0.3) is 5.91 Å². The molecule has 1 aliphatic rings. The van der Waals surface area contributed by atoms with Crippen molar-refractivity contribution in [2.24, 2.45) is 0 Å². The van der Waals surface area contributed by atoms with Gasteiger partial charge in [-0.3, -0.25) is 4.79 Å². The van der Waals surface area contributed by atoms with Crippen molar-refractivity contribution in [2.45, 2.75) is 25.8 Å². The van der Waals surface area contributed by atoms with E-state index in [0.717, 1.165) is 11.3 Å². The molecule has 1 aromatic heterocycles. The number of amides is 1. The summed E-state index contributed by atoms with van der Waals surface area (Å²) < 4.78 is 16.2. The van der Waals surface area contributed by atoms with Crippen LogP contribution < -0.4 is 14.8 Å². The van der Waals surface area contributed by atoms with Gasteiger partial charge in [0.1, 0.15) is 12.4 Å². The number of benzene rings is 1. The Hall–Kier alpha value is -2.50. The van der Waals surface area contributed by atoms with Gasteiger partial charge in [-0.2, -0.15) is 0 Å². The number of carbonyl (C=O) groups excluding carboxylic acids is 1. The molecule has 0 saturated heterocycles. The molecule has 2 heterocycles. The number of para-hydroxylation sites is 1. The highest BCUT2D eigenvalue weighted by Crippen LogP contribution is 2.34. The number of rotatable bonds is 4. The second kappa shape index (κ2) is 6.09. The van der Waals surface area contributed by atoms with Crippen molar-refractivity contribution in [1.29, 1.82) is 0 Å². The fraction of sp³-hybridized carbons (Fsp3) is 0.375. The van der Waals surface area contributed by atoms with Crippen molar-refractivity contribution in [1.82, 2.24) is 10.3 Å². The third-order valence-corrected chi connectivity index (χ3v) is 3.69. The van der Waals surface area contributed by atoms with Crippen molar-refractivity contribution in [2.75, 3.05) is 13.7 Å². The van der Waals surface area contributed by atoms with Crippen LogP contribution in [0.4, 0.5) is 0 Å². The number of fused-ring (bicyclic) bond motifs is 1. The lowest BCUT2D eigenvalue weighted by atomic mass is 10.0. The molecule has 0 spiro atoms. The molecule has 2 aromatic rings. The summed E-state index contributed by atoms with van der Waals surface area (Å²) in [5.41, 5.74) is 1.37. The van der Waals surface area contributed by atoms with Crippen LogP contribution in [0.2, 0.25) is 0 Å². The second-order valence-corrected chi connectivity index (χ2v) is 5.11. The van der Waals surface area contributed by atoms with Gasteiger partial charge in [0.05, 0.1) is 13.2 Å². The van der Waals surface area contributed by atoms with E-state index < -0.39 is 0 Å². The second-order valence-electron chi connectivity index (χ2n) is 5.11. The third kappa shape index (κ3) is 2.64. The molecule has 0 unspecified atom stereocenters. The minimum atomic E-state index is -0.231. The smallest absolute Gasteiger partial charge is 0.273 e. The molecule has 1 aliphatic heterocycles. The lowest BCUT2D eigenvalue weighted by molar-refractivity contribution is 0.0908. The Kier molecular flexibility index (Phi) is 4.00. The highest BCUT2D eigenvalue weighted by atomic mass is 16.5. The van der Waals surface area contributed by atoms with Crippen LogP contribution in [0.1, 0.15) is 28.7 Å². The quantitative estimate of drug-likeness (QED) is 0.935. The van der Waals surface area contributed by atoms with Gasteiger partial charge in [-0.25, -0.2) is 4.98 Å². The fourth-order valence-electron chi connectivity index (χ4n) is 2.61. The van der Waals surface area contributed by atoms with Gasteiger partial charge in [-0.1, -0.05) is 19.1 Å². The van der Waals surface area contributed by atoms with Crippen LogP contribution in [-0.2, 0) is 12.8 Å². The minimum Gasteiger partial charge on any atom is -0.493 e. The number of hydrogen-bond donors (Lipinski definition) is 1. The van der Waals surface area contributed by atoms with Crippen LogP contribution in [0.3, 0.4) is 0 Å². The van der Waals surface area contributed by atoms with E-state index in [0.29, 0.717) is 36.7 Å². The number of methoxy groups -OCH3 is 1. The molecule has 0 fully saturated rings. The van der Waals surface area contributed by atoms with Gasteiger partial charge < -0.3 is 19.2 Å². The summed E-state index contributed by atoms with van der Waals surface area (Å²) in [5.74, 6) is 1.83. The lowest BCUT2D eigenvalue weighted by Crippen LogP contribution is -2.43. The van der Waals surface area contributed by atoms with Crippen molar-refractivity contribution >= 4 is 5.91 Å². The van der Waals surface area contributed by atoms with E-state index in [2.05, 4.69) is 10.3 Å². The third-order valence-electron chi connectivity index (χ3n) is 3.69. The molecule has 1 atom stereocenters. The maximum atomic E-state index is 12.3. The molecule has 0 saturated carbocycles. The maximum Gasteiger partial charge on any atom is 0.273 e. The number of nitrogens with zero attached hydrogens (tertiary/aromatic N) is 1. The van der Waals surface area contributed by atoms with E-state index in [9.17, 15) is 4.79 Å². The molecule has 6 nitrogen and oxygen atoms in total. The molecule has 3 rings (SSSR count). The Morgan fingerprint density at radius 1 is 1.50 bits per heavy atom. The zero-order valence-electron chi connectivity index (χ0n) is 12.6. The first kappa shape index (κ1) is 14.4. The molecule has 0 radical (unpaired) electrons. The number of ether oxygens (including phenoxy) is 2. The molecule has 1 N–H and O–H groups in total. The molecular weight excluding hydrogens is 284 g/mol. The van der Waals surface area contributed by atoms with Crippen LogP contribution >= 0.6 is 0 Å². The minimum absolute atomic E-state index is 0.103. The SMILES string of the molecule is CCc1ocnc1C(=O)N[C@@H]1COc2c(cccc2OC)C1. The van der Waals surface area contributed by atoms with E-state index >= 15 is 0 Å². The van der Waals surface area contributed by atoms with Crippen LogP contribution in [0.15, 0.2) is 29.0 Å². The molecule has 1 amide bonds. The van der Waals surface area contributed by atoms with Crippen molar-refractivity contribution in [3.63, 3.8) is 0 Å². The average Bonchev–Trinajstić information content (AvgIpc) is 3.02. The molecule has 1 aromatic carbocycles. The summed E-state index contributed by atoms with van der Waals surface area (Å²) in [6.07, 6.45) is 2.62. The van der Waals surface area contributed by atoms with Crippen LogP contribution in [0, 0.1) is 0 Å². The van der Waals surface area contributed by atoms with E-state index in [1.165, 1.54) is 6.39 Å². The Labute approximate surface area is 128 Å². The lowest BCUT2D eigenvalue weighted by Gasteiger charge is -2.27. The summed E-state index contributed by atoms with van der Waals surface area (Å²) in [4.78, 5) is 16.3. The first-order chi connectivity index (χ1) is 10.7. The van der Waals surface area contributed by atoms with E-state index in [4.69, 9.17) is 13.9 Å². The van der Waals surface area contributed by atoms with Gasteiger partial charge in [0.15, 0.2) is 23.6 Å². The molecule has 22 heavy (non-hydrogen) atoms. The van der Waals surface area contributed by atoms with Crippen LogP contribution in [-0.4, -0.2) is 30.6 Å². The average molecular weight is 302 g/mol. The highest BCUT2D eigenvalue weighted by Gasteiger charge is 2.25. The van der Waals surface area contributed by atoms with Gasteiger partial charge in [-0.15, -0.1) is 0 Å². The number of nitrogens with one attached hydrogen (secondary N) is 1. The van der Waals surface area contributed by atoms with Gasteiger partial charge in [0, 0.05) is 12.0 Å². The van der Waals surface area contributed by atoms with Crippen molar-refractivity contribution in [3.05, 3.63) is 41.6 Å². The van der Waals surface area contributed by atoms with E-state index in [1.807, 2.05) is 25.1 Å². The summed E-state index contributed by atoms with van der Waals surface area (Å²) in [7, 11) is 1.61. The largest absolute Gasteiger partial charge is 0.493 e. The Morgan fingerprint density at radius 3 is 3.14 bits per heavy atom. The summed E-state index contributed by atoms with van der Waals surface area (Å²) in [6, 6.07) is 5.65. The Morgan fingerprint density at radius 2 is 2.36 bits per heavy atom. The first-order valence-electron chi connectivity index (χ1n) is 7.24. The molecule has 116 valence electrons. The van der Waals surface area contributed by atoms with Crippen molar-refractivity contribution in [3.8, 4) is 11.5 Å². The number of carbonyl (C=O) groups is 1. The van der Waals surface area contributed by atoms with Crippen LogP contribution in [0.25, 0.3) is 0 Å². The predicted octanol–water partition coefficient (Wildman–Crippen LogP) is 1.98. The number of aromatic nitrogens is 1. The maximum absolute atomic E-state index is 12.3. The van der Waals surface area contributed by atoms with Gasteiger partial charge >= 0.3 is 0 Å². The molecule has 0 bridgehead atoms. The predicted molar refractivity (Wildman–Crippen MR) is 79.3 cm³/mol. The molecule has 0 aliphatic carbocycles. The van der Waals surface area contributed by atoms with Gasteiger partial charge in [0.2, 0.25) is 0 Å². The highest BCUT2D eigenvalue weighted by molar-refractivity contribution is 5.93. The topological polar surface area (TPSA) is 73.6 Å². The molecule has 6 heteroatoms. The summed E-state index contributed by atoms with van der Waals surface area (Å²) in [5, 5.41) is 2.95. The Bertz CT molecular complexity index is 681. The summed E-state index contributed by atoms with van der Waals surface area (Å²) in [6.45, 7) is 2.32. The van der Waals surface area contributed by atoms with E-state index in [-0.39, 0.29) is 11.9 Å². The summed E-state index contributed by atoms with van der Waals surface area (Å²) >= 11 is 0. The van der Waals surface area contributed by atoms with Gasteiger partial charge in [-0.05, 0) is 12.5 Å². The Balaban J connectivity index is 1.72.